The van der Waals surface area contributed by atoms with Crippen LogP contribution in [0.2, 0.25) is 0 Å². The van der Waals surface area contributed by atoms with Crippen LogP contribution in [-0.4, -0.2) is 44.5 Å². The number of ether oxygens (including phenoxy) is 2. The summed E-state index contributed by atoms with van der Waals surface area (Å²) in [6.07, 6.45) is 0. The van der Waals surface area contributed by atoms with Gasteiger partial charge in [-0.2, -0.15) is 0 Å². The third-order valence-corrected chi connectivity index (χ3v) is 3.02. The van der Waals surface area contributed by atoms with Crippen molar-refractivity contribution in [2.75, 3.05) is 33.4 Å². The van der Waals surface area contributed by atoms with Crippen molar-refractivity contribution in [3.05, 3.63) is 23.8 Å². The van der Waals surface area contributed by atoms with Crippen LogP contribution in [0.5, 0.6) is 11.5 Å². The maximum atomic E-state index is 8.83. The summed E-state index contributed by atoms with van der Waals surface area (Å²) in [5.74, 6) is 2.63. The lowest BCUT2D eigenvalue weighted by Crippen LogP contribution is -2.39. The summed E-state index contributed by atoms with van der Waals surface area (Å²) in [6.45, 7) is 8.83. The summed E-state index contributed by atoms with van der Waals surface area (Å²) >= 11 is 0. The smallest absolute Gasteiger partial charge is 0.191 e. The highest BCUT2D eigenvalue weighted by atomic mass is 16.5. The summed E-state index contributed by atoms with van der Waals surface area (Å²) in [5.41, 5.74) is 1.03. The molecule has 0 saturated carbocycles. The first kappa shape index (κ1) is 19.1. The van der Waals surface area contributed by atoms with Gasteiger partial charge in [-0.15, -0.1) is 0 Å². The topological polar surface area (TPSA) is 75.1 Å². The van der Waals surface area contributed by atoms with Crippen LogP contribution in [-0.2, 0) is 6.54 Å². The normalized spacial score (nSPS) is 11.5. The van der Waals surface area contributed by atoms with Crippen LogP contribution in [0.15, 0.2) is 23.2 Å². The van der Waals surface area contributed by atoms with Crippen LogP contribution >= 0.6 is 0 Å². The van der Waals surface area contributed by atoms with E-state index in [0.717, 1.165) is 24.6 Å². The van der Waals surface area contributed by atoms with E-state index in [1.54, 1.807) is 7.11 Å². The number of nitrogens with zero attached hydrogens (tertiary/aromatic N) is 1. The predicted octanol–water partition coefficient (Wildman–Crippen LogP) is 1.78. The minimum atomic E-state index is -0.0250. The molecule has 0 aliphatic rings. The maximum Gasteiger partial charge on any atom is 0.191 e. The Morgan fingerprint density at radius 2 is 2.04 bits per heavy atom. The molecule has 130 valence electrons. The summed E-state index contributed by atoms with van der Waals surface area (Å²) in [6, 6.07) is 5.70. The van der Waals surface area contributed by atoms with Gasteiger partial charge in [0.25, 0.3) is 0 Å². The molecule has 0 heterocycles. The van der Waals surface area contributed by atoms with Gasteiger partial charge in [-0.3, -0.25) is 0 Å². The van der Waals surface area contributed by atoms with Crippen molar-refractivity contribution in [2.45, 2.75) is 27.3 Å². The van der Waals surface area contributed by atoms with Crippen molar-refractivity contribution in [3.8, 4) is 11.5 Å². The molecule has 3 N–H and O–H groups in total. The highest BCUT2D eigenvalue weighted by Gasteiger charge is 2.06. The Labute approximate surface area is 138 Å². The zero-order chi connectivity index (χ0) is 17.1. The summed E-state index contributed by atoms with van der Waals surface area (Å²) in [5, 5.41) is 15.4. The Balaban J connectivity index is 2.75. The van der Waals surface area contributed by atoms with Gasteiger partial charge in [0.2, 0.25) is 0 Å². The van der Waals surface area contributed by atoms with Crippen LogP contribution < -0.4 is 20.1 Å². The molecule has 1 aromatic carbocycles. The molecule has 0 atom stereocenters. The Morgan fingerprint density at radius 3 is 2.65 bits per heavy atom. The molecule has 0 spiro atoms. The van der Waals surface area contributed by atoms with E-state index >= 15 is 0 Å². The number of aliphatic hydroxyl groups excluding tert-OH is 1. The number of hydrogen-bond donors (Lipinski definition) is 3. The van der Waals surface area contributed by atoms with Gasteiger partial charge in [-0.1, -0.05) is 19.9 Å². The van der Waals surface area contributed by atoms with Crippen LogP contribution in [0.25, 0.3) is 0 Å². The molecular weight excluding hydrogens is 294 g/mol. The van der Waals surface area contributed by atoms with Crippen molar-refractivity contribution in [3.63, 3.8) is 0 Å². The highest BCUT2D eigenvalue weighted by Crippen LogP contribution is 2.28. The molecule has 0 fully saturated rings. The van der Waals surface area contributed by atoms with Gasteiger partial charge >= 0.3 is 0 Å². The number of hydrogen-bond acceptors (Lipinski definition) is 4. The highest BCUT2D eigenvalue weighted by molar-refractivity contribution is 5.79. The van der Waals surface area contributed by atoms with Crippen molar-refractivity contribution in [2.24, 2.45) is 10.9 Å². The second-order valence-corrected chi connectivity index (χ2v) is 5.53. The molecule has 0 saturated heterocycles. The first-order valence-electron chi connectivity index (χ1n) is 8.03. The lowest BCUT2D eigenvalue weighted by Gasteiger charge is -2.13. The Morgan fingerprint density at radius 1 is 1.26 bits per heavy atom. The zero-order valence-electron chi connectivity index (χ0n) is 14.6. The maximum absolute atomic E-state index is 8.83. The first-order valence-corrected chi connectivity index (χ1v) is 8.03. The van der Waals surface area contributed by atoms with Gasteiger partial charge in [-0.05, 0) is 30.5 Å². The fraction of sp³-hybridized carbons (Fsp3) is 0.588. The van der Waals surface area contributed by atoms with Crippen LogP contribution in [0.1, 0.15) is 26.3 Å². The van der Waals surface area contributed by atoms with Crippen molar-refractivity contribution in [1.82, 2.24) is 10.6 Å². The van der Waals surface area contributed by atoms with E-state index in [4.69, 9.17) is 14.6 Å². The molecule has 0 radical (unpaired) electrons. The SMILES string of the molecule is CCNC(=NCc1ccc(OCCO)c(OC)c1)NCC(C)C. The molecule has 0 bridgehead atoms. The molecule has 6 nitrogen and oxygen atoms in total. The van der Waals surface area contributed by atoms with Gasteiger partial charge in [0.15, 0.2) is 17.5 Å². The van der Waals surface area contributed by atoms with Crippen molar-refractivity contribution in [1.29, 1.82) is 0 Å². The largest absolute Gasteiger partial charge is 0.493 e. The van der Waals surface area contributed by atoms with E-state index in [0.29, 0.717) is 24.0 Å². The third kappa shape index (κ3) is 7.23. The number of nitrogens with one attached hydrogen (secondary N) is 2. The lowest BCUT2D eigenvalue weighted by atomic mass is 10.2. The minimum Gasteiger partial charge on any atom is -0.493 e. The molecule has 0 unspecified atom stereocenters. The second kappa shape index (κ2) is 10.7. The molecule has 1 aromatic rings. The van der Waals surface area contributed by atoms with E-state index in [9.17, 15) is 0 Å². The Bertz CT molecular complexity index is 490. The fourth-order valence-electron chi connectivity index (χ4n) is 1.90. The Kier molecular flexibility index (Phi) is 8.90. The second-order valence-electron chi connectivity index (χ2n) is 5.53. The van der Waals surface area contributed by atoms with E-state index in [1.807, 2.05) is 25.1 Å². The molecule has 0 amide bonds. The molecule has 0 aromatic heterocycles. The quantitative estimate of drug-likeness (QED) is 0.477. The van der Waals surface area contributed by atoms with Gasteiger partial charge in [0.05, 0.1) is 20.3 Å². The fourth-order valence-corrected chi connectivity index (χ4v) is 1.90. The van der Waals surface area contributed by atoms with Gasteiger partial charge < -0.3 is 25.2 Å². The first-order chi connectivity index (χ1) is 11.1. The average Bonchev–Trinajstić information content (AvgIpc) is 2.55. The molecular formula is C17H29N3O3. The van der Waals surface area contributed by atoms with E-state index in [-0.39, 0.29) is 13.2 Å². The van der Waals surface area contributed by atoms with E-state index in [2.05, 4.69) is 29.5 Å². The molecule has 0 aliphatic heterocycles. The summed E-state index contributed by atoms with van der Waals surface area (Å²) < 4.78 is 10.8. The van der Waals surface area contributed by atoms with Crippen LogP contribution in [0.3, 0.4) is 0 Å². The van der Waals surface area contributed by atoms with Crippen molar-refractivity contribution >= 4 is 5.96 Å². The zero-order valence-corrected chi connectivity index (χ0v) is 14.6. The van der Waals surface area contributed by atoms with Crippen LogP contribution in [0, 0.1) is 5.92 Å². The lowest BCUT2D eigenvalue weighted by molar-refractivity contribution is 0.196. The molecule has 23 heavy (non-hydrogen) atoms. The number of benzene rings is 1. The summed E-state index contributed by atoms with van der Waals surface area (Å²) in [4.78, 5) is 4.58. The van der Waals surface area contributed by atoms with Gasteiger partial charge in [-0.25, -0.2) is 4.99 Å². The predicted molar refractivity (Wildman–Crippen MR) is 93.2 cm³/mol. The number of aliphatic imine (C=N–C) groups is 1. The number of guanidine groups is 1. The molecule has 1 rings (SSSR count). The number of rotatable bonds is 9. The number of aliphatic hydroxyl groups is 1. The van der Waals surface area contributed by atoms with E-state index < -0.39 is 0 Å². The average molecular weight is 323 g/mol. The van der Waals surface area contributed by atoms with E-state index in [1.165, 1.54) is 0 Å². The van der Waals surface area contributed by atoms with Gasteiger partial charge in [0, 0.05) is 13.1 Å². The molecule has 0 aliphatic carbocycles. The Hall–Kier alpha value is -1.95. The molecule has 6 heteroatoms. The van der Waals surface area contributed by atoms with Crippen molar-refractivity contribution < 1.29 is 14.6 Å². The number of methoxy groups -OCH3 is 1. The third-order valence-electron chi connectivity index (χ3n) is 3.02. The minimum absolute atomic E-state index is 0.0250. The van der Waals surface area contributed by atoms with Gasteiger partial charge in [0.1, 0.15) is 6.61 Å². The standard InChI is InChI=1S/C17H29N3O3/c1-5-18-17(19-11-13(2)3)20-12-14-6-7-15(23-9-8-21)16(10-14)22-4/h6-7,10,13,21H,5,8-9,11-12H2,1-4H3,(H2,18,19,20). The van der Waals surface area contributed by atoms with Crippen LogP contribution in [0.4, 0.5) is 0 Å². The monoisotopic (exact) mass is 323 g/mol. The summed E-state index contributed by atoms with van der Waals surface area (Å²) in [7, 11) is 1.60.